The van der Waals surface area contributed by atoms with Gasteiger partial charge in [-0.05, 0) is 53.9 Å². The summed E-state index contributed by atoms with van der Waals surface area (Å²) < 4.78 is 41.2. The molecule has 0 aromatic heterocycles. The van der Waals surface area contributed by atoms with Gasteiger partial charge in [-0.15, -0.1) is 0 Å². The zero-order valence-electron chi connectivity index (χ0n) is 20.3. The summed E-state index contributed by atoms with van der Waals surface area (Å²) in [5.41, 5.74) is 2.94. The second kappa shape index (κ2) is 10.8. The molecule has 0 aliphatic carbocycles. The van der Waals surface area contributed by atoms with Crippen LogP contribution in [0.15, 0.2) is 66.7 Å². The van der Waals surface area contributed by atoms with Crippen LogP contribution in [-0.2, 0) is 19.3 Å². The van der Waals surface area contributed by atoms with E-state index >= 15 is 0 Å². The van der Waals surface area contributed by atoms with Crippen molar-refractivity contribution in [3.63, 3.8) is 0 Å². The summed E-state index contributed by atoms with van der Waals surface area (Å²) in [4.78, 5) is 6.37. The Morgan fingerprint density at radius 3 is 2.36 bits per heavy atom. The van der Waals surface area contributed by atoms with Crippen molar-refractivity contribution in [3.05, 3.63) is 94.0 Å². The van der Waals surface area contributed by atoms with Crippen LogP contribution in [0.1, 0.15) is 28.7 Å². The van der Waals surface area contributed by atoms with E-state index in [9.17, 15) is 18.4 Å². The Bertz CT molecular complexity index is 1230. The van der Waals surface area contributed by atoms with Crippen LogP contribution in [0.5, 0.6) is 0 Å². The van der Waals surface area contributed by atoms with E-state index in [0.29, 0.717) is 22.8 Å². The molecule has 1 atom stereocenters. The van der Waals surface area contributed by atoms with Crippen molar-refractivity contribution >= 4 is 23.0 Å². The van der Waals surface area contributed by atoms with E-state index in [1.807, 2.05) is 25.1 Å². The third kappa shape index (κ3) is 5.95. The molecular formula is C28H28ClF3N4. The lowest BCUT2D eigenvalue weighted by Crippen LogP contribution is -2.37. The first kappa shape index (κ1) is 25.9. The smallest absolute Gasteiger partial charge is 0.378 e. The van der Waals surface area contributed by atoms with Crippen LogP contribution in [0.25, 0.3) is 0 Å². The number of rotatable bonds is 7. The van der Waals surface area contributed by atoms with E-state index in [4.69, 9.17) is 11.6 Å². The molecule has 188 valence electrons. The molecule has 0 saturated carbocycles. The molecule has 1 aliphatic rings. The van der Waals surface area contributed by atoms with Crippen molar-refractivity contribution in [2.24, 2.45) is 0 Å². The van der Waals surface area contributed by atoms with Crippen molar-refractivity contribution < 1.29 is 13.2 Å². The van der Waals surface area contributed by atoms with Crippen LogP contribution in [-0.4, -0.2) is 38.1 Å². The molecule has 0 N–H and O–H groups in total. The van der Waals surface area contributed by atoms with Gasteiger partial charge < -0.3 is 9.80 Å². The highest BCUT2D eigenvalue weighted by atomic mass is 35.5. The zero-order valence-corrected chi connectivity index (χ0v) is 21.0. The Kier molecular flexibility index (Phi) is 7.77. The maximum atomic E-state index is 13.7. The molecule has 4 nitrogen and oxygen atoms in total. The number of hydrogen-bond donors (Lipinski definition) is 0. The standard InChI is InChI=1S/C28H28ClF3N4/c1-34(2)23-10-7-20(8-11-23)17-35-14-13-25(19-35)36(24-12-9-21(16-33)27(29)15-24)18-22-5-3-4-6-26(22)28(30,31)32/h3-12,15,25H,13-14,17-19H2,1-2H3/t25-/m0/s1. The molecule has 3 aromatic carbocycles. The van der Waals surface area contributed by atoms with Crippen LogP contribution in [0.3, 0.4) is 0 Å². The van der Waals surface area contributed by atoms with Gasteiger partial charge in [0.25, 0.3) is 0 Å². The normalized spacial score (nSPS) is 16.1. The molecule has 0 radical (unpaired) electrons. The monoisotopic (exact) mass is 512 g/mol. The number of anilines is 2. The molecule has 8 heteroatoms. The van der Waals surface area contributed by atoms with Gasteiger partial charge in [0.1, 0.15) is 6.07 Å². The van der Waals surface area contributed by atoms with Crippen LogP contribution in [0.2, 0.25) is 5.02 Å². The molecule has 1 heterocycles. The predicted octanol–water partition coefficient (Wildman–Crippen LogP) is 6.58. The average molecular weight is 513 g/mol. The van der Waals surface area contributed by atoms with E-state index in [0.717, 1.165) is 31.3 Å². The minimum absolute atomic E-state index is 0.00339. The SMILES string of the molecule is CN(C)c1ccc(CN2CC[C@H](N(Cc3ccccc3C(F)(F)F)c3ccc(C#N)c(Cl)c3)C2)cc1. The minimum Gasteiger partial charge on any atom is -0.378 e. The van der Waals surface area contributed by atoms with Gasteiger partial charge in [-0.25, -0.2) is 0 Å². The van der Waals surface area contributed by atoms with Gasteiger partial charge >= 0.3 is 6.18 Å². The van der Waals surface area contributed by atoms with Gasteiger partial charge in [0.05, 0.1) is 16.1 Å². The van der Waals surface area contributed by atoms with Gasteiger partial charge in [0.2, 0.25) is 0 Å². The fourth-order valence-corrected chi connectivity index (χ4v) is 4.91. The van der Waals surface area contributed by atoms with Crippen LogP contribution in [0.4, 0.5) is 24.5 Å². The molecular weight excluding hydrogens is 485 g/mol. The van der Waals surface area contributed by atoms with Crippen LogP contribution >= 0.6 is 11.6 Å². The first-order valence-electron chi connectivity index (χ1n) is 11.8. The van der Waals surface area contributed by atoms with E-state index in [1.54, 1.807) is 24.3 Å². The Morgan fingerprint density at radius 1 is 1.03 bits per heavy atom. The second-order valence-electron chi connectivity index (χ2n) is 9.30. The number of nitrogens with zero attached hydrogens (tertiary/aromatic N) is 4. The van der Waals surface area contributed by atoms with E-state index < -0.39 is 11.7 Å². The molecule has 36 heavy (non-hydrogen) atoms. The highest BCUT2D eigenvalue weighted by Crippen LogP contribution is 2.35. The summed E-state index contributed by atoms with van der Waals surface area (Å²) in [5, 5.41) is 9.55. The number of halogens is 4. The largest absolute Gasteiger partial charge is 0.416 e. The predicted molar refractivity (Wildman–Crippen MR) is 138 cm³/mol. The summed E-state index contributed by atoms with van der Waals surface area (Å²) in [7, 11) is 4.00. The summed E-state index contributed by atoms with van der Waals surface area (Å²) in [6, 6.07) is 21.2. The van der Waals surface area contributed by atoms with E-state index in [1.165, 1.54) is 17.7 Å². The Balaban J connectivity index is 1.59. The maximum absolute atomic E-state index is 13.7. The van der Waals surface area contributed by atoms with Crippen molar-refractivity contribution in [1.29, 1.82) is 5.26 Å². The quantitative estimate of drug-likeness (QED) is 0.358. The Labute approximate surface area is 215 Å². The lowest BCUT2D eigenvalue weighted by atomic mass is 10.0. The van der Waals surface area contributed by atoms with Crippen molar-refractivity contribution in [3.8, 4) is 6.07 Å². The van der Waals surface area contributed by atoms with Crippen molar-refractivity contribution in [1.82, 2.24) is 4.90 Å². The number of alkyl halides is 3. The molecule has 0 bridgehead atoms. The Hall–Kier alpha value is -3.21. The summed E-state index contributed by atoms with van der Waals surface area (Å²) in [5.74, 6) is 0. The topological polar surface area (TPSA) is 33.5 Å². The fourth-order valence-electron chi connectivity index (χ4n) is 4.69. The van der Waals surface area contributed by atoms with E-state index in [-0.39, 0.29) is 18.2 Å². The lowest BCUT2D eigenvalue weighted by Gasteiger charge is -2.32. The van der Waals surface area contributed by atoms with Gasteiger partial charge in [0.15, 0.2) is 0 Å². The molecule has 4 rings (SSSR count). The maximum Gasteiger partial charge on any atom is 0.416 e. The van der Waals surface area contributed by atoms with Gasteiger partial charge in [-0.3, -0.25) is 4.90 Å². The summed E-state index contributed by atoms with van der Waals surface area (Å²) >= 11 is 6.32. The number of hydrogen-bond acceptors (Lipinski definition) is 4. The molecule has 1 aliphatic heterocycles. The molecule has 0 amide bonds. The number of nitriles is 1. The molecule has 0 unspecified atom stereocenters. The number of benzene rings is 3. The second-order valence-corrected chi connectivity index (χ2v) is 9.70. The Morgan fingerprint density at radius 2 is 1.72 bits per heavy atom. The molecule has 1 saturated heterocycles. The van der Waals surface area contributed by atoms with Crippen LogP contribution in [0, 0.1) is 11.3 Å². The molecule has 1 fully saturated rings. The van der Waals surface area contributed by atoms with Gasteiger partial charge in [-0.1, -0.05) is 41.9 Å². The molecule has 0 spiro atoms. The highest BCUT2D eigenvalue weighted by molar-refractivity contribution is 6.32. The summed E-state index contributed by atoms with van der Waals surface area (Å²) in [6.45, 7) is 2.40. The summed E-state index contributed by atoms with van der Waals surface area (Å²) in [6.07, 6.45) is -3.63. The third-order valence-corrected chi connectivity index (χ3v) is 6.93. The third-order valence-electron chi connectivity index (χ3n) is 6.62. The van der Waals surface area contributed by atoms with Gasteiger partial charge in [0, 0.05) is 57.7 Å². The first-order valence-corrected chi connectivity index (χ1v) is 12.1. The average Bonchev–Trinajstić information content (AvgIpc) is 3.30. The zero-order chi connectivity index (χ0) is 25.9. The number of likely N-dealkylation sites (tertiary alicyclic amines) is 1. The molecule has 3 aromatic rings. The first-order chi connectivity index (χ1) is 17.2. The fraction of sp³-hybridized carbons (Fsp3) is 0.321. The van der Waals surface area contributed by atoms with Crippen LogP contribution < -0.4 is 9.80 Å². The van der Waals surface area contributed by atoms with E-state index in [2.05, 4.69) is 34.1 Å². The van der Waals surface area contributed by atoms with Crippen molar-refractivity contribution in [2.45, 2.75) is 31.7 Å². The highest BCUT2D eigenvalue weighted by Gasteiger charge is 2.35. The van der Waals surface area contributed by atoms with Crippen molar-refractivity contribution in [2.75, 3.05) is 37.0 Å². The van der Waals surface area contributed by atoms with Gasteiger partial charge in [-0.2, -0.15) is 18.4 Å². The lowest BCUT2D eigenvalue weighted by molar-refractivity contribution is -0.138. The minimum atomic E-state index is -4.44.